The molecule has 1 aromatic carbocycles. The summed E-state index contributed by atoms with van der Waals surface area (Å²) >= 11 is 0. The van der Waals surface area contributed by atoms with Crippen molar-refractivity contribution in [2.24, 2.45) is 0 Å². The highest BCUT2D eigenvalue weighted by Crippen LogP contribution is 2.33. The fourth-order valence-corrected chi connectivity index (χ4v) is 1.20. The molecule has 0 atom stereocenters. The van der Waals surface area contributed by atoms with Crippen molar-refractivity contribution in [1.29, 1.82) is 0 Å². The normalized spacial score (nSPS) is 10.2. The molecule has 0 aliphatic rings. The van der Waals surface area contributed by atoms with Crippen molar-refractivity contribution in [3.8, 4) is 5.75 Å². The summed E-state index contributed by atoms with van der Waals surface area (Å²) in [7, 11) is 0. The minimum atomic E-state index is -3.18. The van der Waals surface area contributed by atoms with Crippen LogP contribution in [0.25, 0.3) is 0 Å². The highest BCUT2D eigenvalue weighted by atomic mass is 19.3. The van der Waals surface area contributed by atoms with Crippen LogP contribution in [0, 0.1) is 17.0 Å². The van der Waals surface area contributed by atoms with Crippen molar-refractivity contribution in [2.75, 3.05) is 0 Å². The molecule has 0 N–H and O–H groups in total. The van der Waals surface area contributed by atoms with Gasteiger partial charge < -0.3 is 4.74 Å². The van der Waals surface area contributed by atoms with E-state index in [1.165, 1.54) is 13.0 Å². The van der Waals surface area contributed by atoms with Crippen molar-refractivity contribution >= 4 is 12.0 Å². The lowest BCUT2D eigenvalue weighted by Gasteiger charge is -2.09. The molecule has 0 bridgehead atoms. The molecule has 1 aromatic rings. The SMILES string of the molecule is Cc1c(C=O)ccc([N+](=O)[O-])c1OC(F)F. The molecule has 0 amide bonds. The Bertz CT molecular complexity index is 434. The maximum atomic E-state index is 12.0. The van der Waals surface area contributed by atoms with Crippen LogP contribution in [0.4, 0.5) is 14.5 Å². The quantitative estimate of drug-likeness (QED) is 0.453. The van der Waals surface area contributed by atoms with Crippen molar-refractivity contribution in [3.05, 3.63) is 33.4 Å². The summed E-state index contributed by atoms with van der Waals surface area (Å²) in [6, 6.07) is 2.13. The molecule has 5 nitrogen and oxygen atoms in total. The predicted molar refractivity (Wildman–Crippen MR) is 49.9 cm³/mol. The Balaban J connectivity index is 3.36. The molecule has 1 rings (SSSR count). The molecule has 0 saturated heterocycles. The molecule has 0 spiro atoms. The number of nitro groups is 1. The fraction of sp³-hybridized carbons (Fsp3) is 0.222. The van der Waals surface area contributed by atoms with Gasteiger partial charge in [0, 0.05) is 17.2 Å². The average Bonchev–Trinajstić information content (AvgIpc) is 2.19. The second-order valence-corrected chi connectivity index (χ2v) is 2.88. The molecule has 16 heavy (non-hydrogen) atoms. The standard InChI is InChI=1S/C9H7F2NO4/c1-5-6(4-13)2-3-7(12(14)15)8(5)16-9(10)11/h2-4,9H,1H3. The molecule has 0 fully saturated rings. The Morgan fingerprint density at radius 2 is 2.12 bits per heavy atom. The van der Waals surface area contributed by atoms with Crippen LogP contribution < -0.4 is 4.74 Å². The number of rotatable bonds is 4. The first kappa shape index (κ1) is 12.0. The Labute approximate surface area is 88.8 Å². The van der Waals surface area contributed by atoms with E-state index in [0.717, 1.165) is 6.07 Å². The molecular formula is C9H7F2NO4. The maximum absolute atomic E-state index is 12.0. The number of carbonyl (C=O) groups excluding carboxylic acids is 1. The molecule has 0 saturated carbocycles. The van der Waals surface area contributed by atoms with Crippen LogP contribution in [0.5, 0.6) is 5.75 Å². The maximum Gasteiger partial charge on any atom is 0.387 e. The third-order valence-corrected chi connectivity index (χ3v) is 1.96. The predicted octanol–water partition coefficient (Wildman–Crippen LogP) is 2.32. The summed E-state index contributed by atoms with van der Waals surface area (Å²) in [6.45, 7) is -1.88. The zero-order valence-electron chi connectivity index (χ0n) is 8.15. The summed E-state index contributed by atoms with van der Waals surface area (Å²) in [5.74, 6) is -0.579. The first-order valence-corrected chi connectivity index (χ1v) is 4.15. The summed E-state index contributed by atoms with van der Waals surface area (Å²) in [5.41, 5.74) is -0.505. The minimum absolute atomic E-state index is 0.0181. The third kappa shape index (κ3) is 2.30. The van der Waals surface area contributed by atoms with Crippen molar-refractivity contribution in [3.63, 3.8) is 0 Å². The summed E-state index contributed by atoms with van der Waals surface area (Å²) in [4.78, 5) is 20.2. The number of halogens is 2. The number of aldehydes is 1. The molecule has 0 aliphatic heterocycles. The Kier molecular flexibility index (Phi) is 3.49. The van der Waals surface area contributed by atoms with E-state index in [0.29, 0.717) is 6.29 Å². The summed E-state index contributed by atoms with van der Waals surface area (Å²) in [5, 5.41) is 10.5. The number of hydrogen-bond acceptors (Lipinski definition) is 4. The van der Waals surface area contributed by atoms with Crippen LogP contribution in [0.2, 0.25) is 0 Å². The van der Waals surface area contributed by atoms with Gasteiger partial charge in [-0.15, -0.1) is 0 Å². The van der Waals surface area contributed by atoms with Crippen molar-refractivity contribution in [1.82, 2.24) is 0 Å². The minimum Gasteiger partial charge on any atom is -0.427 e. The van der Waals surface area contributed by atoms with Crippen molar-refractivity contribution in [2.45, 2.75) is 13.5 Å². The van der Waals surface area contributed by atoms with Crippen LogP contribution in [-0.4, -0.2) is 17.8 Å². The lowest BCUT2D eigenvalue weighted by Crippen LogP contribution is -2.07. The molecule has 0 heterocycles. The van der Waals surface area contributed by atoms with Gasteiger partial charge in [-0.2, -0.15) is 8.78 Å². The topological polar surface area (TPSA) is 69.4 Å². The van der Waals surface area contributed by atoms with E-state index >= 15 is 0 Å². The third-order valence-electron chi connectivity index (χ3n) is 1.96. The van der Waals surface area contributed by atoms with Gasteiger partial charge in [0.2, 0.25) is 5.75 Å². The average molecular weight is 231 g/mol. The first-order valence-electron chi connectivity index (χ1n) is 4.15. The van der Waals surface area contributed by atoms with Gasteiger partial charge in [-0.05, 0) is 13.0 Å². The van der Waals surface area contributed by atoms with Crippen LogP contribution in [-0.2, 0) is 0 Å². The van der Waals surface area contributed by atoms with E-state index in [1.807, 2.05) is 0 Å². The van der Waals surface area contributed by atoms with E-state index in [-0.39, 0.29) is 11.1 Å². The number of benzene rings is 1. The van der Waals surface area contributed by atoms with E-state index in [9.17, 15) is 23.7 Å². The monoisotopic (exact) mass is 231 g/mol. The molecular weight excluding hydrogens is 224 g/mol. The van der Waals surface area contributed by atoms with Gasteiger partial charge >= 0.3 is 12.3 Å². The van der Waals surface area contributed by atoms with Gasteiger partial charge in [0.05, 0.1) is 4.92 Å². The van der Waals surface area contributed by atoms with Gasteiger partial charge in [0.1, 0.15) is 6.29 Å². The summed E-state index contributed by atoms with van der Waals surface area (Å²) in [6.07, 6.45) is 0.414. The zero-order valence-corrected chi connectivity index (χ0v) is 8.15. The smallest absolute Gasteiger partial charge is 0.387 e. The zero-order chi connectivity index (χ0) is 12.3. The lowest BCUT2D eigenvalue weighted by atomic mass is 10.1. The number of nitrogens with zero attached hydrogens (tertiary/aromatic N) is 1. The lowest BCUT2D eigenvalue weighted by molar-refractivity contribution is -0.386. The van der Waals surface area contributed by atoms with E-state index in [1.54, 1.807) is 0 Å². The number of nitro benzene ring substituents is 1. The van der Waals surface area contributed by atoms with Gasteiger partial charge in [-0.3, -0.25) is 14.9 Å². The molecule has 0 aromatic heterocycles. The second kappa shape index (κ2) is 4.65. The Morgan fingerprint density at radius 1 is 1.50 bits per heavy atom. The van der Waals surface area contributed by atoms with Crippen LogP contribution >= 0.6 is 0 Å². The molecule has 0 unspecified atom stereocenters. The highest BCUT2D eigenvalue weighted by molar-refractivity contribution is 5.80. The second-order valence-electron chi connectivity index (χ2n) is 2.88. The number of carbonyl (C=O) groups is 1. The Hall–Kier alpha value is -2.05. The first-order chi connectivity index (χ1) is 7.47. The van der Waals surface area contributed by atoms with E-state index in [4.69, 9.17) is 0 Å². The number of alkyl halides is 2. The highest BCUT2D eigenvalue weighted by Gasteiger charge is 2.22. The Morgan fingerprint density at radius 3 is 2.56 bits per heavy atom. The summed E-state index contributed by atoms with van der Waals surface area (Å²) < 4.78 is 28.1. The number of hydrogen-bond donors (Lipinski definition) is 0. The van der Waals surface area contributed by atoms with Gasteiger partial charge in [-0.1, -0.05) is 0 Å². The van der Waals surface area contributed by atoms with Gasteiger partial charge in [0.15, 0.2) is 0 Å². The molecule has 86 valence electrons. The number of ether oxygens (including phenoxy) is 1. The van der Waals surface area contributed by atoms with E-state index in [2.05, 4.69) is 4.74 Å². The molecule has 7 heteroatoms. The van der Waals surface area contributed by atoms with Crippen LogP contribution in [0.3, 0.4) is 0 Å². The van der Waals surface area contributed by atoms with E-state index < -0.39 is 23.0 Å². The van der Waals surface area contributed by atoms with Crippen LogP contribution in [0.1, 0.15) is 15.9 Å². The molecule has 0 radical (unpaired) electrons. The van der Waals surface area contributed by atoms with Crippen LogP contribution in [0.15, 0.2) is 12.1 Å². The largest absolute Gasteiger partial charge is 0.427 e. The molecule has 0 aliphatic carbocycles. The van der Waals surface area contributed by atoms with Crippen molar-refractivity contribution < 1.29 is 23.2 Å². The van der Waals surface area contributed by atoms with Gasteiger partial charge in [-0.25, -0.2) is 0 Å². The fourth-order valence-electron chi connectivity index (χ4n) is 1.20. The van der Waals surface area contributed by atoms with Gasteiger partial charge in [0.25, 0.3) is 0 Å².